The van der Waals surface area contributed by atoms with Gasteiger partial charge >= 0.3 is 0 Å². The fourth-order valence-electron chi connectivity index (χ4n) is 3.48. The maximum absolute atomic E-state index is 12.8. The van der Waals surface area contributed by atoms with Crippen LogP contribution in [0.2, 0.25) is 0 Å². The predicted octanol–water partition coefficient (Wildman–Crippen LogP) is 1.13. The summed E-state index contributed by atoms with van der Waals surface area (Å²) in [5, 5.41) is 3.32. The second-order valence-corrected chi connectivity index (χ2v) is 6.71. The summed E-state index contributed by atoms with van der Waals surface area (Å²) in [4.78, 5) is 29.0. The number of piperidine rings is 1. The van der Waals surface area contributed by atoms with E-state index in [1.807, 2.05) is 35.2 Å². The average Bonchev–Trinajstić information content (AvgIpc) is 2.96. The quantitative estimate of drug-likeness (QED) is 0.889. The van der Waals surface area contributed by atoms with Gasteiger partial charge < -0.3 is 19.9 Å². The maximum atomic E-state index is 12.8. The Kier molecular flexibility index (Phi) is 6.28. The Balaban J connectivity index is 1.51. The Morgan fingerprint density at radius 3 is 2.68 bits per heavy atom. The van der Waals surface area contributed by atoms with Gasteiger partial charge in [0.05, 0.1) is 5.92 Å². The summed E-state index contributed by atoms with van der Waals surface area (Å²) >= 11 is 0. The first-order valence-corrected chi connectivity index (χ1v) is 9.19. The van der Waals surface area contributed by atoms with Gasteiger partial charge in [-0.15, -0.1) is 0 Å². The van der Waals surface area contributed by atoms with Crippen molar-refractivity contribution in [3.63, 3.8) is 0 Å². The first-order valence-electron chi connectivity index (χ1n) is 9.19. The zero-order valence-electron chi connectivity index (χ0n) is 14.7. The summed E-state index contributed by atoms with van der Waals surface area (Å²) < 4.78 is 5.55. The molecular formula is C19H27N3O3. The van der Waals surface area contributed by atoms with E-state index < -0.39 is 0 Å². The summed E-state index contributed by atoms with van der Waals surface area (Å²) in [7, 11) is 0. The highest BCUT2D eigenvalue weighted by atomic mass is 16.5. The molecule has 1 aromatic rings. The lowest BCUT2D eigenvalue weighted by Crippen LogP contribution is -2.48. The molecule has 25 heavy (non-hydrogen) atoms. The van der Waals surface area contributed by atoms with Crippen molar-refractivity contribution in [3.8, 4) is 5.75 Å². The van der Waals surface area contributed by atoms with Gasteiger partial charge in [-0.1, -0.05) is 18.2 Å². The highest BCUT2D eigenvalue weighted by Crippen LogP contribution is 2.20. The minimum absolute atomic E-state index is 0.0263. The molecular weight excluding hydrogens is 318 g/mol. The number of nitrogens with one attached hydrogen (secondary N) is 1. The van der Waals surface area contributed by atoms with Crippen molar-refractivity contribution in [3.05, 3.63) is 30.3 Å². The number of para-hydroxylation sites is 1. The Morgan fingerprint density at radius 2 is 1.84 bits per heavy atom. The molecule has 2 amide bonds. The van der Waals surface area contributed by atoms with Crippen molar-refractivity contribution >= 4 is 11.8 Å². The molecule has 2 saturated heterocycles. The number of nitrogens with zero attached hydrogens (tertiary/aromatic N) is 2. The summed E-state index contributed by atoms with van der Waals surface area (Å²) in [6, 6.07) is 9.34. The van der Waals surface area contributed by atoms with Gasteiger partial charge in [-0.3, -0.25) is 9.59 Å². The maximum Gasteiger partial charge on any atom is 0.260 e. The van der Waals surface area contributed by atoms with Crippen LogP contribution in [-0.2, 0) is 9.59 Å². The molecule has 1 aromatic carbocycles. The predicted molar refractivity (Wildman–Crippen MR) is 95.3 cm³/mol. The van der Waals surface area contributed by atoms with Crippen LogP contribution in [0.3, 0.4) is 0 Å². The Morgan fingerprint density at radius 1 is 1.04 bits per heavy atom. The zero-order valence-corrected chi connectivity index (χ0v) is 14.7. The number of rotatable bonds is 4. The molecule has 6 heteroatoms. The lowest BCUT2D eigenvalue weighted by atomic mass is 9.96. The van der Waals surface area contributed by atoms with E-state index in [0.29, 0.717) is 18.8 Å². The van der Waals surface area contributed by atoms with Crippen molar-refractivity contribution in [2.24, 2.45) is 5.92 Å². The lowest BCUT2D eigenvalue weighted by Gasteiger charge is -2.34. The van der Waals surface area contributed by atoms with Crippen LogP contribution in [-0.4, -0.2) is 67.5 Å². The number of likely N-dealkylation sites (tertiary alicyclic amines) is 1. The van der Waals surface area contributed by atoms with E-state index in [1.54, 1.807) is 4.90 Å². The van der Waals surface area contributed by atoms with Crippen LogP contribution in [0, 0.1) is 5.92 Å². The average molecular weight is 345 g/mol. The molecule has 0 radical (unpaired) electrons. The van der Waals surface area contributed by atoms with Gasteiger partial charge in [-0.25, -0.2) is 0 Å². The largest absolute Gasteiger partial charge is 0.484 e. The number of carbonyl (C=O) groups is 2. The van der Waals surface area contributed by atoms with E-state index in [9.17, 15) is 9.59 Å². The Hall–Kier alpha value is -2.08. The number of benzene rings is 1. The molecule has 6 nitrogen and oxygen atoms in total. The van der Waals surface area contributed by atoms with Gasteiger partial charge in [0.1, 0.15) is 5.75 Å². The van der Waals surface area contributed by atoms with Crippen molar-refractivity contribution in [1.29, 1.82) is 0 Å². The molecule has 0 aliphatic carbocycles. The highest BCUT2D eigenvalue weighted by Gasteiger charge is 2.31. The summed E-state index contributed by atoms with van der Waals surface area (Å²) in [6.07, 6.45) is 2.73. The fourth-order valence-corrected chi connectivity index (χ4v) is 3.48. The van der Waals surface area contributed by atoms with Crippen LogP contribution in [0.1, 0.15) is 19.3 Å². The van der Waals surface area contributed by atoms with Gasteiger partial charge in [-0.05, 0) is 37.9 Å². The van der Waals surface area contributed by atoms with E-state index in [2.05, 4.69) is 5.32 Å². The Bertz CT molecular complexity index is 571. The van der Waals surface area contributed by atoms with Gasteiger partial charge in [0.15, 0.2) is 6.61 Å². The molecule has 1 N–H and O–H groups in total. The summed E-state index contributed by atoms with van der Waals surface area (Å²) in [5.74, 6) is 0.772. The molecule has 2 aliphatic rings. The minimum Gasteiger partial charge on any atom is -0.484 e. The van der Waals surface area contributed by atoms with Crippen LogP contribution in [0.15, 0.2) is 30.3 Å². The van der Waals surface area contributed by atoms with Crippen molar-refractivity contribution < 1.29 is 14.3 Å². The standard InChI is InChI=1S/C19H27N3O3/c23-18(15-25-17-7-2-1-3-8-17)22-11-4-6-16(14-22)19(24)21-12-5-9-20-10-13-21/h1-3,7-8,16,20H,4-6,9-15H2. The minimum atomic E-state index is -0.0764. The topological polar surface area (TPSA) is 61.9 Å². The SMILES string of the molecule is O=C(COc1ccccc1)N1CCCC(C(=O)N2CCCNCC2)C1. The molecule has 0 aromatic heterocycles. The molecule has 0 bridgehead atoms. The third-order valence-corrected chi connectivity index (χ3v) is 4.88. The van der Waals surface area contributed by atoms with E-state index in [-0.39, 0.29) is 24.3 Å². The van der Waals surface area contributed by atoms with E-state index in [4.69, 9.17) is 4.74 Å². The molecule has 2 fully saturated rings. The second kappa shape index (κ2) is 8.85. The monoisotopic (exact) mass is 345 g/mol. The molecule has 3 rings (SSSR count). The lowest BCUT2D eigenvalue weighted by molar-refractivity contribution is -0.141. The molecule has 0 saturated carbocycles. The number of hydrogen-bond acceptors (Lipinski definition) is 4. The molecule has 1 unspecified atom stereocenters. The van der Waals surface area contributed by atoms with Crippen molar-refractivity contribution in [1.82, 2.24) is 15.1 Å². The molecule has 0 spiro atoms. The molecule has 136 valence electrons. The van der Waals surface area contributed by atoms with E-state index in [0.717, 1.165) is 45.4 Å². The zero-order chi connectivity index (χ0) is 17.5. The summed E-state index contributed by atoms with van der Waals surface area (Å²) in [6.45, 7) is 4.65. The van der Waals surface area contributed by atoms with Gasteiger partial charge in [-0.2, -0.15) is 0 Å². The third-order valence-electron chi connectivity index (χ3n) is 4.88. The third kappa shape index (κ3) is 4.95. The highest BCUT2D eigenvalue weighted by molar-refractivity contribution is 5.82. The van der Waals surface area contributed by atoms with Crippen molar-refractivity contribution in [2.75, 3.05) is 45.9 Å². The second-order valence-electron chi connectivity index (χ2n) is 6.71. The van der Waals surface area contributed by atoms with Crippen LogP contribution in [0.5, 0.6) is 5.75 Å². The van der Waals surface area contributed by atoms with Crippen molar-refractivity contribution in [2.45, 2.75) is 19.3 Å². The van der Waals surface area contributed by atoms with Crippen LogP contribution in [0.4, 0.5) is 0 Å². The smallest absolute Gasteiger partial charge is 0.260 e. The Labute approximate surface area is 149 Å². The van der Waals surface area contributed by atoms with Gasteiger partial charge in [0.2, 0.25) is 5.91 Å². The number of amides is 2. The molecule has 1 atom stereocenters. The first-order chi connectivity index (χ1) is 12.2. The normalized spacial score (nSPS) is 21.5. The van der Waals surface area contributed by atoms with Crippen LogP contribution in [0.25, 0.3) is 0 Å². The number of carbonyl (C=O) groups excluding carboxylic acids is 2. The number of hydrogen-bond donors (Lipinski definition) is 1. The molecule has 2 heterocycles. The number of ether oxygens (including phenoxy) is 1. The van der Waals surface area contributed by atoms with Gasteiger partial charge in [0, 0.05) is 32.7 Å². The first kappa shape index (κ1) is 17.7. The van der Waals surface area contributed by atoms with Crippen LogP contribution < -0.4 is 10.1 Å². The van der Waals surface area contributed by atoms with E-state index >= 15 is 0 Å². The summed E-state index contributed by atoms with van der Waals surface area (Å²) in [5.41, 5.74) is 0. The fraction of sp³-hybridized carbons (Fsp3) is 0.579. The van der Waals surface area contributed by atoms with Crippen LogP contribution >= 0.6 is 0 Å². The van der Waals surface area contributed by atoms with Gasteiger partial charge in [0.25, 0.3) is 5.91 Å². The van der Waals surface area contributed by atoms with E-state index in [1.165, 1.54) is 0 Å². The molecule has 2 aliphatic heterocycles.